The van der Waals surface area contributed by atoms with Gasteiger partial charge in [0.25, 0.3) is 0 Å². The topological polar surface area (TPSA) is 43.4 Å². The molecule has 26 heavy (non-hydrogen) atoms. The monoisotopic (exact) mass is 356 g/mol. The van der Waals surface area contributed by atoms with E-state index in [-0.39, 0.29) is 28.7 Å². The number of hydrogen-bond donors (Lipinski definition) is 0. The van der Waals surface area contributed by atoms with Crippen LogP contribution in [0.3, 0.4) is 0 Å². The first-order valence-electron chi connectivity index (χ1n) is 10.3. The highest BCUT2D eigenvalue weighted by molar-refractivity contribution is 5.95. The molecule has 0 radical (unpaired) electrons. The summed E-state index contributed by atoms with van der Waals surface area (Å²) in [4.78, 5) is 23.5. The predicted octanol–water partition coefficient (Wildman–Crippen LogP) is 5.01. The molecule has 4 rings (SSSR count). The van der Waals surface area contributed by atoms with Gasteiger partial charge in [0.2, 0.25) is 0 Å². The smallest absolute Gasteiger partial charge is 0.302 e. The Kier molecular flexibility index (Phi) is 4.20. The van der Waals surface area contributed by atoms with Crippen LogP contribution in [-0.2, 0) is 14.3 Å². The minimum atomic E-state index is -0.145. The van der Waals surface area contributed by atoms with Gasteiger partial charge < -0.3 is 4.74 Å². The number of carbonyl (C=O) groups is 2. The summed E-state index contributed by atoms with van der Waals surface area (Å²) in [5.74, 6) is 1.94. The van der Waals surface area contributed by atoms with E-state index in [2.05, 4.69) is 26.0 Å². The first-order valence-corrected chi connectivity index (χ1v) is 10.3. The molecule has 0 N–H and O–H groups in total. The highest BCUT2D eigenvalue weighted by Gasteiger charge is 2.56. The summed E-state index contributed by atoms with van der Waals surface area (Å²) in [6.45, 7) is 8.02. The normalized spacial score (nSPS) is 44.2. The number of hydrogen-bond acceptors (Lipinski definition) is 3. The van der Waals surface area contributed by atoms with E-state index in [1.807, 2.05) is 0 Å². The molecule has 0 aromatic heterocycles. The Morgan fingerprint density at radius 2 is 1.85 bits per heavy atom. The predicted molar refractivity (Wildman–Crippen MR) is 101 cm³/mol. The Hall–Kier alpha value is -1.38. The molecule has 0 amide bonds. The Morgan fingerprint density at radius 3 is 2.54 bits per heavy atom. The number of Topliss-reactive ketones (excluding diaryl/α,β-unsaturated/α-hetero) is 1. The third-order valence-electron chi connectivity index (χ3n) is 8.27. The molecular formula is C23H32O3. The maximum Gasteiger partial charge on any atom is 0.302 e. The average Bonchev–Trinajstić information content (AvgIpc) is 2.92. The van der Waals surface area contributed by atoms with Gasteiger partial charge in [0.05, 0.1) is 0 Å². The Bertz CT molecular complexity index is 702. The highest BCUT2D eigenvalue weighted by Crippen LogP contribution is 2.64. The molecule has 0 aromatic carbocycles. The summed E-state index contributed by atoms with van der Waals surface area (Å²) in [6, 6.07) is 0. The third-order valence-corrected chi connectivity index (χ3v) is 8.27. The fourth-order valence-electron chi connectivity index (χ4n) is 6.96. The van der Waals surface area contributed by atoms with Crippen LogP contribution in [0.15, 0.2) is 23.3 Å². The van der Waals surface area contributed by atoms with E-state index >= 15 is 0 Å². The molecule has 0 aliphatic heterocycles. The molecule has 4 aliphatic rings. The summed E-state index contributed by atoms with van der Waals surface area (Å²) in [7, 11) is 0. The maximum atomic E-state index is 12.2. The lowest BCUT2D eigenvalue weighted by molar-refractivity contribution is -0.151. The van der Waals surface area contributed by atoms with Crippen LogP contribution < -0.4 is 0 Å². The van der Waals surface area contributed by atoms with Crippen LogP contribution in [0.1, 0.15) is 72.6 Å². The molecule has 0 heterocycles. The molecule has 2 saturated carbocycles. The first kappa shape index (κ1) is 18.0. The third kappa shape index (κ3) is 2.53. The fraction of sp³-hybridized carbons (Fsp3) is 0.739. The number of fused-ring (bicyclic) bond motifs is 5. The molecule has 0 unspecified atom stereocenters. The van der Waals surface area contributed by atoms with Gasteiger partial charge in [-0.2, -0.15) is 0 Å². The van der Waals surface area contributed by atoms with Gasteiger partial charge in [-0.3, -0.25) is 9.59 Å². The van der Waals surface area contributed by atoms with E-state index in [1.165, 1.54) is 19.8 Å². The zero-order chi connectivity index (χ0) is 18.7. The van der Waals surface area contributed by atoms with Crippen molar-refractivity contribution < 1.29 is 14.3 Å². The van der Waals surface area contributed by atoms with E-state index in [9.17, 15) is 9.59 Å². The molecule has 0 spiro atoms. The average molecular weight is 357 g/mol. The van der Waals surface area contributed by atoms with Crippen LogP contribution in [-0.4, -0.2) is 17.9 Å². The second kappa shape index (κ2) is 6.07. The van der Waals surface area contributed by atoms with E-state index in [4.69, 9.17) is 4.74 Å². The second-order valence-electron chi connectivity index (χ2n) is 9.60. The molecule has 2 fully saturated rings. The molecule has 0 saturated heterocycles. The van der Waals surface area contributed by atoms with Crippen LogP contribution in [0.2, 0.25) is 0 Å². The van der Waals surface area contributed by atoms with Crippen molar-refractivity contribution in [1.82, 2.24) is 0 Å². The van der Waals surface area contributed by atoms with Gasteiger partial charge in [-0.25, -0.2) is 0 Å². The summed E-state index contributed by atoms with van der Waals surface area (Å²) in [5.41, 5.74) is 3.03. The molecule has 6 atom stereocenters. The van der Waals surface area contributed by atoms with Crippen LogP contribution >= 0.6 is 0 Å². The van der Waals surface area contributed by atoms with Gasteiger partial charge in [0.15, 0.2) is 5.78 Å². The van der Waals surface area contributed by atoms with Crippen LogP contribution in [0.25, 0.3) is 0 Å². The highest BCUT2D eigenvalue weighted by atomic mass is 16.5. The summed E-state index contributed by atoms with van der Waals surface area (Å²) >= 11 is 0. The zero-order valence-corrected chi connectivity index (χ0v) is 16.6. The molecule has 3 heteroatoms. The van der Waals surface area contributed by atoms with Crippen molar-refractivity contribution in [2.24, 2.45) is 28.6 Å². The van der Waals surface area contributed by atoms with Gasteiger partial charge in [0, 0.05) is 12.3 Å². The SMILES string of the molecule is CC(=O)O[C@@H]1CC[C@]2(C)C3=CC[C@]4(C)C(C(C)=O)=CC[C@H]4[C@@H]3CC[C@@H]2C1. The lowest BCUT2D eigenvalue weighted by Gasteiger charge is -2.56. The summed E-state index contributed by atoms with van der Waals surface area (Å²) in [5, 5.41) is 0. The standard InChI is InChI=1S/C23H32O3/c1-14(24)19-7-8-20-18-6-5-16-13-17(26-15(2)25)9-11-22(16,3)21(18)10-12-23(19,20)4/h7,10,16-18,20H,5-6,8-9,11-13H2,1-4H3/t16-,17-,18+,20+,22+,23-/m1/s1. The summed E-state index contributed by atoms with van der Waals surface area (Å²) in [6.07, 6.45) is 12.5. The maximum absolute atomic E-state index is 12.2. The van der Waals surface area contributed by atoms with Crippen molar-refractivity contribution in [3.05, 3.63) is 23.3 Å². The van der Waals surface area contributed by atoms with Crippen LogP contribution in [0.4, 0.5) is 0 Å². The molecule has 142 valence electrons. The number of carbonyl (C=O) groups excluding carboxylic acids is 2. The minimum absolute atomic E-state index is 0.0398. The minimum Gasteiger partial charge on any atom is -0.463 e. The summed E-state index contributed by atoms with van der Waals surface area (Å²) < 4.78 is 5.54. The second-order valence-corrected chi connectivity index (χ2v) is 9.60. The van der Waals surface area contributed by atoms with E-state index in [0.29, 0.717) is 17.8 Å². The quantitative estimate of drug-likeness (QED) is 0.516. The van der Waals surface area contributed by atoms with E-state index in [0.717, 1.165) is 37.7 Å². The number of rotatable bonds is 2. The van der Waals surface area contributed by atoms with E-state index < -0.39 is 0 Å². The van der Waals surface area contributed by atoms with Crippen LogP contribution in [0, 0.1) is 28.6 Å². The molecule has 0 aromatic rings. The van der Waals surface area contributed by atoms with Crippen molar-refractivity contribution in [2.45, 2.75) is 78.7 Å². The van der Waals surface area contributed by atoms with Crippen molar-refractivity contribution in [3.63, 3.8) is 0 Å². The number of ether oxygens (including phenoxy) is 1. The molecular weight excluding hydrogens is 324 g/mol. The van der Waals surface area contributed by atoms with Crippen molar-refractivity contribution in [3.8, 4) is 0 Å². The Labute approximate surface area is 157 Å². The largest absolute Gasteiger partial charge is 0.463 e. The van der Waals surface area contributed by atoms with Gasteiger partial charge in [0.1, 0.15) is 6.10 Å². The van der Waals surface area contributed by atoms with Crippen molar-refractivity contribution >= 4 is 11.8 Å². The Morgan fingerprint density at radius 1 is 1.08 bits per heavy atom. The lowest BCUT2D eigenvalue weighted by atomic mass is 9.48. The first-order chi connectivity index (χ1) is 12.3. The zero-order valence-electron chi connectivity index (χ0n) is 16.6. The van der Waals surface area contributed by atoms with Gasteiger partial charge in [-0.05, 0) is 80.6 Å². The lowest BCUT2D eigenvalue weighted by Crippen LogP contribution is -2.48. The fourth-order valence-corrected chi connectivity index (χ4v) is 6.96. The molecule has 3 nitrogen and oxygen atoms in total. The number of esters is 1. The Balaban J connectivity index is 1.60. The van der Waals surface area contributed by atoms with Crippen LogP contribution in [0.5, 0.6) is 0 Å². The van der Waals surface area contributed by atoms with Gasteiger partial charge >= 0.3 is 5.97 Å². The van der Waals surface area contributed by atoms with E-state index in [1.54, 1.807) is 12.5 Å². The molecule has 4 aliphatic carbocycles. The van der Waals surface area contributed by atoms with Crippen molar-refractivity contribution in [2.75, 3.05) is 0 Å². The van der Waals surface area contributed by atoms with Gasteiger partial charge in [-0.1, -0.05) is 31.6 Å². The number of ketones is 1. The van der Waals surface area contributed by atoms with Gasteiger partial charge in [-0.15, -0.1) is 0 Å². The van der Waals surface area contributed by atoms with Crippen molar-refractivity contribution in [1.29, 1.82) is 0 Å². The number of allylic oxidation sites excluding steroid dienone is 4. The molecule has 0 bridgehead atoms.